The Morgan fingerprint density at radius 1 is 1.04 bits per heavy atom. The molecule has 0 aliphatic heterocycles. The summed E-state index contributed by atoms with van der Waals surface area (Å²) >= 11 is 0. The highest BCUT2D eigenvalue weighted by atomic mass is 19.4. The summed E-state index contributed by atoms with van der Waals surface area (Å²) in [5, 5.41) is 3.76. The van der Waals surface area contributed by atoms with E-state index in [4.69, 9.17) is 14.0 Å². The topological polar surface area (TPSA) is 70.3 Å². The molecule has 0 radical (unpaired) electrons. The maximum absolute atomic E-state index is 12.6. The van der Waals surface area contributed by atoms with Crippen molar-refractivity contribution in [2.24, 2.45) is 0 Å². The Bertz CT molecular complexity index is 876. The van der Waals surface area contributed by atoms with Crippen LogP contribution < -0.4 is 9.47 Å². The number of nitrogens with zero attached hydrogens (tertiary/aromatic N) is 3. The van der Waals surface area contributed by atoms with Gasteiger partial charge in [0.15, 0.2) is 0 Å². The van der Waals surface area contributed by atoms with Gasteiger partial charge in [-0.25, -0.2) is 0 Å². The fourth-order valence-electron chi connectivity index (χ4n) is 2.11. The third kappa shape index (κ3) is 3.39. The monoisotopic (exact) mass is 351 g/mol. The van der Waals surface area contributed by atoms with Crippen molar-refractivity contribution in [3.63, 3.8) is 0 Å². The first-order valence-corrected chi connectivity index (χ1v) is 7.02. The van der Waals surface area contributed by atoms with Gasteiger partial charge in [0.05, 0.1) is 25.3 Å². The van der Waals surface area contributed by atoms with E-state index < -0.39 is 11.7 Å². The van der Waals surface area contributed by atoms with Crippen molar-refractivity contribution in [2.75, 3.05) is 14.2 Å². The molecule has 2 aromatic heterocycles. The van der Waals surface area contributed by atoms with Gasteiger partial charge in [-0.15, -0.1) is 0 Å². The lowest BCUT2D eigenvalue weighted by Gasteiger charge is -2.06. The first-order chi connectivity index (χ1) is 11.9. The van der Waals surface area contributed by atoms with Crippen LogP contribution >= 0.6 is 0 Å². The van der Waals surface area contributed by atoms with Crippen LogP contribution in [0.3, 0.4) is 0 Å². The second-order valence-electron chi connectivity index (χ2n) is 4.92. The molecule has 1 aromatic carbocycles. The standard InChI is InChI=1S/C16H12F3N3O3/c1-23-10-4-6-13(24-2)11(7-10)15-21-14(22-25-15)12-5-3-9(8-20-12)16(17,18)19/h3-8H,1-2H3. The lowest BCUT2D eigenvalue weighted by molar-refractivity contribution is -0.137. The van der Waals surface area contributed by atoms with Crippen LogP contribution in [0.5, 0.6) is 11.5 Å². The van der Waals surface area contributed by atoms with Crippen molar-refractivity contribution in [3.8, 4) is 34.5 Å². The Labute approximate surface area is 140 Å². The van der Waals surface area contributed by atoms with Crippen molar-refractivity contribution >= 4 is 0 Å². The predicted molar refractivity (Wildman–Crippen MR) is 81.1 cm³/mol. The summed E-state index contributed by atoms with van der Waals surface area (Å²) in [6.45, 7) is 0. The van der Waals surface area contributed by atoms with Crippen LogP contribution in [-0.4, -0.2) is 29.3 Å². The van der Waals surface area contributed by atoms with E-state index in [0.717, 1.165) is 12.3 Å². The summed E-state index contributed by atoms with van der Waals surface area (Å²) in [5.41, 5.74) is -0.202. The van der Waals surface area contributed by atoms with Gasteiger partial charge in [-0.2, -0.15) is 18.2 Å². The molecule has 2 heterocycles. The zero-order valence-corrected chi connectivity index (χ0v) is 13.2. The van der Waals surface area contributed by atoms with Crippen LogP contribution in [0.25, 0.3) is 23.0 Å². The number of rotatable bonds is 4. The minimum absolute atomic E-state index is 0.0635. The minimum Gasteiger partial charge on any atom is -0.497 e. The van der Waals surface area contributed by atoms with Gasteiger partial charge in [-0.05, 0) is 30.3 Å². The van der Waals surface area contributed by atoms with Crippen molar-refractivity contribution in [2.45, 2.75) is 6.18 Å². The molecule has 0 N–H and O–H groups in total. The molecule has 0 saturated heterocycles. The molecule has 9 heteroatoms. The Morgan fingerprint density at radius 2 is 1.84 bits per heavy atom. The molecule has 3 aromatic rings. The average molecular weight is 351 g/mol. The number of alkyl halides is 3. The zero-order valence-electron chi connectivity index (χ0n) is 13.2. The van der Waals surface area contributed by atoms with Gasteiger partial charge < -0.3 is 14.0 Å². The van der Waals surface area contributed by atoms with Gasteiger partial charge in [0.1, 0.15) is 17.2 Å². The van der Waals surface area contributed by atoms with Gasteiger partial charge in [0, 0.05) is 6.20 Å². The molecule has 0 spiro atoms. The maximum atomic E-state index is 12.6. The summed E-state index contributed by atoms with van der Waals surface area (Å²) in [7, 11) is 3.00. The summed E-state index contributed by atoms with van der Waals surface area (Å²) in [6.07, 6.45) is -3.74. The Hall–Kier alpha value is -3.10. The molecule has 6 nitrogen and oxygen atoms in total. The highest BCUT2D eigenvalue weighted by Crippen LogP contribution is 2.33. The first kappa shape index (κ1) is 16.7. The van der Waals surface area contributed by atoms with Gasteiger partial charge >= 0.3 is 6.18 Å². The molecule has 130 valence electrons. The second kappa shape index (κ2) is 6.42. The fraction of sp³-hybridized carbons (Fsp3) is 0.188. The van der Waals surface area contributed by atoms with Crippen LogP contribution in [-0.2, 0) is 6.18 Å². The third-order valence-corrected chi connectivity index (χ3v) is 3.38. The van der Waals surface area contributed by atoms with Crippen LogP contribution in [0, 0.1) is 0 Å². The number of methoxy groups -OCH3 is 2. The number of hydrogen-bond donors (Lipinski definition) is 0. The van der Waals surface area contributed by atoms with Gasteiger partial charge in [-0.1, -0.05) is 5.16 Å². The first-order valence-electron chi connectivity index (χ1n) is 7.02. The molecule has 0 fully saturated rings. The van der Waals surface area contributed by atoms with Crippen molar-refractivity contribution in [1.29, 1.82) is 0 Å². The molecule has 0 atom stereocenters. The van der Waals surface area contributed by atoms with Gasteiger partial charge in [-0.3, -0.25) is 4.98 Å². The Balaban J connectivity index is 1.95. The third-order valence-electron chi connectivity index (χ3n) is 3.38. The zero-order chi connectivity index (χ0) is 18.0. The minimum atomic E-state index is -4.46. The highest BCUT2D eigenvalue weighted by molar-refractivity contribution is 5.66. The average Bonchev–Trinajstić information content (AvgIpc) is 3.10. The van der Waals surface area contributed by atoms with E-state index in [1.807, 2.05) is 0 Å². The lowest BCUT2D eigenvalue weighted by Crippen LogP contribution is -2.05. The summed E-state index contributed by atoms with van der Waals surface area (Å²) in [5.74, 6) is 1.24. The maximum Gasteiger partial charge on any atom is 0.417 e. The normalized spacial score (nSPS) is 11.4. The molecule has 0 aliphatic rings. The molecule has 0 saturated carbocycles. The van der Waals surface area contributed by atoms with Gasteiger partial charge in [0.25, 0.3) is 5.89 Å². The molecule has 0 unspecified atom stereocenters. The van der Waals surface area contributed by atoms with E-state index in [1.165, 1.54) is 20.3 Å². The fourth-order valence-corrected chi connectivity index (χ4v) is 2.11. The summed E-state index contributed by atoms with van der Waals surface area (Å²) in [6, 6.07) is 7.12. The van der Waals surface area contributed by atoms with Crippen LogP contribution in [0.1, 0.15) is 5.56 Å². The number of hydrogen-bond acceptors (Lipinski definition) is 6. The summed E-state index contributed by atoms with van der Waals surface area (Å²) in [4.78, 5) is 7.91. The lowest BCUT2D eigenvalue weighted by atomic mass is 10.2. The predicted octanol–water partition coefficient (Wildman–Crippen LogP) is 3.83. The van der Waals surface area contributed by atoms with E-state index in [-0.39, 0.29) is 17.4 Å². The van der Waals surface area contributed by atoms with E-state index in [0.29, 0.717) is 17.1 Å². The van der Waals surface area contributed by atoms with Crippen LogP contribution in [0.4, 0.5) is 13.2 Å². The molecule has 25 heavy (non-hydrogen) atoms. The smallest absolute Gasteiger partial charge is 0.417 e. The number of halogens is 3. The molecular weight excluding hydrogens is 339 g/mol. The van der Waals surface area contributed by atoms with Crippen molar-refractivity contribution in [3.05, 3.63) is 42.1 Å². The Morgan fingerprint density at radius 3 is 2.44 bits per heavy atom. The quantitative estimate of drug-likeness (QED) is 0.711. The van der Waals surface area contributed by atoms with E-state index >= 15 is 0 Å². The molecule has 3 rings (SSSR count). The summed E-state index contributed by atoms with van der Waals surface area (Å²) < 4.78 is 53.3. The number of pyridine rings is 1. The van der Waals surface area contributed by atoms with Crippen LogP contribution in [0.15, 0.2) is 41.1 Å². The van der Waals surface area contributed by atoms with E-state index in [9.17, 15) is 13.2 Å². The Kier molecular flexibility index (Phi) is 4.30. The van der Waals surface area contributed by atoms with E-state index in [2.05, 4.69) is 15.1 Å². The molecule has 0 amide bonds. The number of benzene rings is 1. The number of ether oxygens (including phenoxy) is 2. The largest absolute Gasteiger partial charge is 0.497 e. The van der Waals surface area contributed by atoms with E-state index in [1.54, 1.807) is 18.2 Å². The molecule has 0 bridgehead atoms. The molecule has 0 aliphatic carbocycles. The van der Waals surface area contributed by atoms with Crippen molar-refractivity contribution < 1.29 is 27.2 Å². The SMILES string of the molecule is COc1ccc(OC)c(-c2nc(-c3ccc(C(F)(F)F)cn3)no2)c1. The number of aromatic nitrogens is 3. The van der Waals surface area contributed by atoms with Crippen molar-refractivity contribution in [1.82, 2.24) is 15.1 Å². The second-order valence-corrected chi connectivity index (χ2v) is 4.92. The van der Waals surface area contributed by atoms with Crippen LogP contribution in [0.2, 0.25) is 0 Å². The molecular formula is C16H12F3N3O3. The highest BCUT2D eigenvalue weighted by Gasteiger charge is 2.31. The van der Waals surface area contributed by atoms with Gasteiger partial charge in [0.2, 0.25) is 5.82 Å².